The van der Waals surface area contributed by atoms with Crippen LogP contribution in [0.2, 0.25) is 0 Å². The molecule has 31 heavy (non-hydrogen) atoms. The highest BCUT2D eigenvalue weighted by Gasteiger charge is 2.70. The second-order valence-corrected chi connectivity index (χ2v) is 11.4. The second kappa shape index (κ2) is 7.17. The molecular weight excluding hydrogens is 415 g/mol. The zero-order chi connectivity index (χ0) is 22.0. The van der Waals surface area contributed by atoms with Crippen LogP contribution >= 0.6 is 0 Å². The van der Waals surface area contributed by atoms with E-state index in [-0.39, 0.29) is 36.2 Å². The number of hydrogen-bond donors (Lipinski definition) is 0. The molecule has 1 aromatic carbocycles. The van der Waals surface area contributed by atoms with Gasteiger partial charge in [0.1, 0.15) is 12.0 Å². The summed E-state index contributed by atoms with van der Waals surface area (Å²) >= 11 is -1.73. The summed E-state index contributed by atoms with van der Waals surface area (Å²) in [5, 5.41) is 0. The largest absolute Gasteiger partial charge is 0.299 e. The zero-order valence-electron chi connectivity index (χ0n) is 18.0. The SMILES string of the molecule is C[C@]12C=CC(=O)CC1C(F)C[C@H]1[C@@H]3CCC(=O)[C@@]3(C)CC[C@]12OS(=O)c1ccccc1. The molecule has 6 heteroatoms. The number of halogens is 1. The summed E-state index contributed by atoms with van der Waals surface area (Å²) in [5.41, 5.74) is -2.11. The molecular formula is C25H29FO4S. The number of hydrogen-bond acceptors (Lipinski definition) is 4. The first-order valence-corrected chi connectivity index (χ1v) is 12.3. The fourth-order valence-corrected chi connectivity index (χ4v) is 8.34. The van der Waals surface area contributed by atoms with Gasteiger partial charge in [-0.1, -0.05) is 38.1 Å². The number of Topliss-reactive ketones (excluding diaryl/α,β-unsaturated/α-hetero) is 1. The molecule has 1 aromatic rings. The highest BCUT2D eigenvalue weighted by atomic mass is 32.2. The summed E-state index contributed by atoms with van der Waals surface area (Å²) < 4.78 is 35.6. The Morgan fingerprint density at radius 1 is 1.06 bits per heavy atom. The van der Waals surface area contributed by atoms with Crippen molar-refractivity contribution < 1.29 is 22.4 Å². The van der Waals surface area contributed by atoms with Crippen molar-refractivity contribution in [3.63, 3.8) is 0 Å². The number of carbonyl (C=O) groups is 2. The quantitative estimate of drug-likeness (QED) is 0.675. The van der Waals surface area contributed by atoms with Crippen LogP contribution in [-0.4, -0.2) is 27.5 Å². The molecule has 0 aromatic heterocycles. The molecule has 4 nitrogen and oxygen atoms in total. The Bertz CT molecular complexity index is 977. The van der Waals surface area contributed by atoms with Gasteiger partial charge in [0.2, 0.25) is 0 Å². The molecule has 0 spiro atoms. The zero-order valence-corrected chi connectivity index (χ0v) is 18.8. The molecule has 166 valence electrons. The average Bonchev–Trinajstić information content (AvgIpc) is 3.06. The maximum Gasteiger partial charge on any atom is 0.189 e. The fourth-order valence-electron chi connectivity index (χ4n) is 7.21. The highest BCUT2D eigenvalue weighted by molar-refractivity contribution is 7.80. The summed E-state index contributed by atoms with van der Waals surface area (Å²) in [4.78, 5) is 25.6. The van der Waals surface area contributed by atoms with E-state index in [0.29, 0.717) is 24.2 Å². The van der Waals surface area contributed by atoms with Crippen LogP contribution in [0.25, 0.3) is 0 Å². The Kier molecular flexibility index (Phi) is 4.91. The third-order valence-corrected chi connectivity index (χ3v) is 10.1. The molecule has 4 aliphatic carbocycles. The Morgan fingerprint density at radius 3 is 2.55 bits per heavy atom. The molecule has 0 N–H and O–H groups in total. The van der Waals surface area contributed by atoms with Crippen molar-refractivity contribution in [3.8, 4) is 0 Å². The lowest BCUT2D eigenvalue weighted by molar-refractivity contribution is -0.203. The van der Waals surface area contributed by atoms with Crippen molar-refractivity contribution in [3.05, 3.63) is 42.5 Å². The van der Waals surface area contributed by atoms with Gasteiger partial charge >= 0.3 is 0 Å². The molecule has 8 atom stereocenters. The first kappa shape index (κ1) is 21.2. The van der Waals surface area contributed by atoms with E-state index in [4.69, 9.17) is 4.18 Å². The highest BCUT2D eigenvalue weighted by Crippen LogP contribution is 2.68. The fraction of sp³-hybridized carbons (Fsp3) is 0.600. The van der Waals surface area contributed by atoms with Gasteiger partial charge in [-0.05, 0) is 55.7 Å². The van der Waals surface area contributed by atoms with Crippen LogP contribution in [-0.2, 0) is 24.9 Å². The maximum absolute atomic E-state index is 15.6. The predicted molar refractivity (Wildman–Crippen MR) is 115 cm³/mol. The molecule has 4 aliphatic rings. The monoisotopic (exact) mass is 444 g/mol. The van der Waals surface area contributed by atoms with Crippen molar-refractivity contribution in [2.24, 2.45) is 28.6 Å². The number of alkyl halides is 1. The Labute approximate surface area is 185 Å². The van der Waals surface area contributed by atoms with Gasteiger partial charge < -0.3 is 0 Å². The molecule has 0 aliphatic heterocycles. The number of allylic oxidation sites excluding steroid dienone is 1. The Hall–Kier alpha value is -1.66. The van der Waals surface area contributed by atoms with Crippen LogP contribution in [0.1, 0.15) is 52.4 Å². The lowest BCUT2D eigenvalue weighted by Crippen LogP contribution is -2.68. The number of rotatable bonds is 3. The van der Waals surface area contributed by atoms with Crippen LogP contribution in [0, 0.1) is 28.6 Å². The first-order chi connectivity index (χ1) is 14.7. The van der Waals surface area contributed by atoms with Crippen LogP contribution < -0.4 is 0 Å². The van der Waals surface area contributed by atoms with Gasteiger partial charge in [-0.25, -0.2) is 8.60 Å². The van der Waals surface area contributed by atoms with E-state index >= 15 is 4.39 Å². The van der Waals surface area contributed by atoms with Crippen LogP contribution in [0.4, 0.5) is 4.39 Å². The molecule has 0 radical (unpaired) electrons. The van der Waals surface area contributed by atoms with Gasteiger partial charge in [0.25, 0.3) is 0 Å². The minimum absolute atomic E-state index is 0.00331. The van der Waals surface area contributed by atoms with Gasteiger partial charge in [-0.15, -0.1) is 0 Å². The average molecular weight is 445 g/mol. The third kappa shape index (κ3) is 2.90. The van der Waals surface area contributed by atoms with Crippen LogP contribution in [0.3, 0.4) is 0 Å². The van der Waals surface area contributed by atoms with Gasteiger partial charge in [0.15, 0.2) is 16.9 Å². The molecule has 3 fully saturated rings. The maximum atomic E-state index is 15.6. The van der Waals surface area contributed by atoms with Gasteiger partial charge in [0, 0.05) is 29.6 Å². The molecule has 0 saturated heterocycles. The summed E-state index contributed by atoms with van der Waals surface area (Å²) in [6, 6.07) is 9.05. The molecule has 0 bridgehead atoms. The molecule has 3 saturated carbocycles. The Morgan fingerprint density at radius 2 is 1.81 bits per heavy atom. The lowest BCUT2D eigenvalue weighted by Gasteiger charge is -2.64. The summed E-state index contributed by atoms with van der Waals surface area (Å²) in [7, 11) is 0. The van der Waals surface area contributed by atoms with Crippen molar-refractivity contribution in [2.75, 3.05) is 0 Å². The second-order valence-electron chi connectivity index (χ2n) is 10.3. The molecule has 3 unspecified atom stereocenters. The minimum atomic E-state index is -1.73. The normalized spacial score (nSPS) is 45.0. The standard InChI is InChI=1S/C25H29FO4S/c1-23-12-13-25(30-31(29)17-6-4-3-5-7-17)19(18(23)8-9-22(23)28)15-21(26)20-14-16(27)10-11-24(20,25)2/h3-7,10-11,18-21H,8-9,12-15H2,1-2H3/t18-,19-,20?,21?,23-,24-,25-,31?/m0/s1. The van der Waals surface area contributed by atoms with Crippen molar-refractivity contribution in [1.82, 2.24) is 0 Å². The van der Waals surface area contributed by atoms with Gasteiger partial charge in [-0.2, -0.15) is 0 Å². The van der Waals surface area contributed by atoms with Gasteiger partial charge in [0.05, 0.1) is 10.5 Å². The van der Waals surface area contributed by atoms with E-state index in [1.54, 1.807) is 18.2 Å². The summed E-state index contributed by atoms with van der Waals surface area (Å²) in [6.45, 7) is 3.99. The van der Waals surface area contributed by atoms with Crippen LogP contribution in [0.15, 0.2) is 47.4 Å². The molecule has 0 amide bonds. The van der Waals surface area contributed by atoms with Crippen molar-refractivity contribution in [2.45, 2.75) is 69.0 Å². The number of benzene rings is 1. The summed E-state index contributed by atoms with van der Waals surface area (Å²) in [6.07, 6.45) is 5.03. The smallest absolute Gasteiger partial charge is 0.189 e. The lowest BCUT2D eigenvalue weighted by atomic mass is 9.43. The number of fused-ring (bicyclic) bond motifs is 5. The van der Waals surface area contributed by atoms with Crippen molar-refractivity contribution >= 4 is 22.6 Å². The van der Waals surface area contributed by atoms with E-state index in [1.165, 1.54) is 0 Å². The molecule has 5 rings (SSSR count). The number of carbonyl (C=O) groups excluding carboxylic acids is 2. The van der Waals surface area contributed by atoms with Gasteiger partial charge in [-0.3, -0.25) is 13.8 Å². The predicted octanol–water partition coefficient (Wildman–Crippen LogP) is 4.75. The third-order valence-electron chi connectivity index (χ3n) is 9.03. The van der Waals surface area contributed by atoms with E-state index in [1.807, 2.05) is 38.1 Å². The summed E-state index contributed by atoms with van der Waals surface area (Å²) in [5.74, 6) is -0.537. The van der Waals surface area contributed by atoms with E-state index in [0.717, 1.165) is 6.42 Å². The molecule has 0 heterocycles. The van der Waals surface area contributed by atoms with E-state index in [2.05, 4.69) is 0 Å². The van der Waals surface area contributed by atoms with E-state index < -0.39 is 39.6 Å². The topological polar surface area (TPSA) is 60.4 Å². The van der Waals surface area contributed by atoms with Crippen LogP contribution in [0.5, 0.6) is 0 Å². The first-order valence-electron chi connectivity index (χ1n) is 11.3. The number of ketones is 2. The van der Waals surface area contributed by atoms with Crippen molar-refractivity contribution in [1.29, 1.82) is 0 Å². The van der Waals surface area contributed by atoms with E-state index in [9.17, 15) is 13.8 Å². The Balaban J connectivity index is 1.64. The minimum Gasteiger partial charge on any atom is -0.299 e.